The molecule has 126 valence electrons. The lowest BCUT2D eigenvalue weighted by Crippen LogP contribution is -2.24. The number of nitrogens with one attached hydrogen (secondary N) is 1. The molecule has 2 heterocycles. The van der Waals surface area contributed by atoms with E-state index in [2.05, 4.69) is 16.4 Å². The molecule has 1 amide bonds. The van der Waals surface area contributed by atoms with Crippen LogP contribution in [0.4, 0.5) is 0 Å². The molecule has 25 heavy (non-hydrogen) atoms. The highest BCUT2D eigenvalue weighted by Crippen LogP contribution is 2.26. The zero-order valence-corrected chi connectivity index (χ0v) is 14.8. The van der Waals surface area contributed by atoms with E-state index in [1.807, 2.05) is 32.0 Å². The molecule has 0 saturated heterocycles. The highest BCUT2D eigenvalue weighted by molar-refractivity contribution is 8.00. The molecule has 0 atom stereocenters. The normalized spacial score (nSPS) is 10.6. The van der Waals surface area contributed by atoms with Gasteiger partial charge in [0.05, 0.1) is 29.6 Å². The lowest BCUT2D eigenvalue weighted by molar-refractivity contribution is -0.118. The second-order valence-electron chi connectivity index (χ2n) is 5.73. The second kappa shape index (κ2) is 7.41. The van der Waals surface area contributed by atoms with Crippen molar-refractivity contribution >= 4 is 28.6 Å². The predicted octanol–water partition coefficient (Wildman–Crippen LogP) is 3.72. The molecule has 0 aliphatic carbocycles. The van der Waals surface area contributed by atoms with Gasteiger partial charge in [0.2, 0.25) is 5.91 Å². The van der Waals surface area contributed by atoms with E-state index < -0.39 is 0 Å². The maximum Gasteiger partial charge on any atom is 0.230 e. The summed E-state index contributed by atoms with van der Waals surface area (Å²) in [6, 6.07) is 11.6. The average molecular weight is 351 g/mol. The Morgan fingerprint density at radius 2 is 2.12 bits per heavy atom. The molecule has 0 radical (unpaired) electrons. The summed E-state index contributed by atoms with van der Waals surface area (Å²) in [6.45, 7) is 4.41. The number of carbonyl (C=O) groups excluding carboxylic acids is 1. The molecule has 5 nitrogen and oxygen atoms in total. The molecule has 0 bridgehead atoms. The Hall–Kier alpha value is -2.78. The first kappa shape index (κ1) is 17.1. The van der Waals surface area contributed by atoms with Crippen molar-refractivity contribution in [2.45, 2.75) is 25.4 Å². The minimum absolute atomic E-state index is 0.132. The number of hydrogen-bond acceptors (Lipinski definition) is 5. The number of benzene rings is 1. The molecule has 0 spiro atoms. The van der Waals surface area contributed by atoms with Crippen LogP contribution in [0.1, 0.15) is 22.5 Å². The molecule has 0 unspecified atom stereocenters. The van der Waals surface area contributed by atoms with Crippen molar-refractivity contribution in [2.24, 2.45) is 0 Å². The summed E-state index contributed by atoms with van der Waals surface area (Å²) in [5, 5.41) is 13.7. The van der Waals surface area contributed by atoms with Gasteiger partial charge in [0, 0.05) is 5.39 Å². The number of nitrogens with zero attached hydrogens (tertiary/aromatic N) is 2. The number of hydrogen-bond donors (Lipinski definition) is 1. The Balaban J connectivity index is 1.72. The molecular weight excluding hydrogens is 334 g/mol. The number of amides is 1. The second-order valence-corrected chi connectivity index (χ2v) is 6.69. The van der Waals surface area contributed by atoms with E-state index >= 15 is 0 Å². The van der Waals surface area contributed by atoms with Crippen LogP contribution in [0.3, 0.4) is 0 Å². The monoisotopic (exact) mass is 351 g/mol. The summed E-state index contributed by atoms with van der Waals surface area (Å²) in [5.41, 5.74) is 3.63. The fourth-order valence-corrected chi connectivity index (χ4v) is 3.19. The molecule has 1 N–H and O–H groups in total. The van der Waals surface area contributed by atoms with Gasteiger partial charge in [-0.2, -0.15) is 5.26 Å². The van der Waals surface area contributed by atoms with E-state index in [-0.39, 0.29) is 11.7 Å². The first-order valence-corrected chi connectivity index (χ1v) is 8.79. The number of aromatic nitrogens is 1. The number of pyridine rings is 1. The number of carbonyl (C=O) groups is 1. The number of aryl methyl sites for hydroxylation is 2. The number of rotatable bonds is 5. The molecule has 2 aromatic heterocycles. The van der Waals surface area contributed by atoms with Crippen LogP contribution in [-0.4, -0.2) is 16.6 Å². The van der Waals surface area contributed by atoms with Crippen molar-refractivity contribution in [3.63, 3.8) is 0 Å². The van der Waals surface area contributed by atoms with Crippen molar-refractivity contribution in [1.29, 1.82) is 5.26 Å². The summed E-state index contributed by atoms with van der Waals surface area (Å²) in [6.07, 6.45) is 1.57. The molecule has 0 saturated carbocycles. The van der Waals surface area contributed by atoms with Crippen molar-refractivity contribution in [1.82, 2.24) is 10.3 Å². The van der Waals surface area contributed by atoms with Crippen LogP contribution < -0.4 is 5.32 Å². The van der Waals surface area contributed by atoms with Gasteiger partial charge in [-0.1, -0.05) is 11.8 Å². The molecule has 0 fully saturated rings. The highest BCUT2D eigenvalue weighted by Gasteiger charge is 2.11. The van der Waals surface area contributed by atoms with Crippen molar-refractivity contribution in [3.05, 3.63) is 59.0 Å². The van der Waals surface area contributed by atoms with Gasteiger partial charge in [0.1, 0.15) is 16.9 Å². The molecule has 0 aliphatic heterocycles. The molecular formula is C19H17N3O2S. The van der Waals surface area contributed by atoms with E-state index in [1.165, 1.54) is 11.8 Å². The summed E-state index contributed by atoms with van der Waals surface area (Å²) >= 11 is 1.27. The Labute approximate surface area is 150 Å². The summed E-state index contributed by atoms with van der Waals surface area (Å²) in [7, 11) is 0. The van der Waals surface area contributed by atoms with Crippen LogP contribution in [-0.2, 0) is 11.3 Å². The first-order chi connectivity index (χ1) is 12.1. The molecule has 3 rings (SSSR count). The van der Waals surface area contributed by atoms with Crippen molar-refractivity contribution in [2.75, 3.05) is 5.75 Å². The lowest BCUT2D eigenvalue weighted by Gasteiger charge is -2.08. The van der Waals surface area contributed by atoms with Gasteiger partial charge in [0.15, 0.2) is 0 Å². The molecule has 1 aromatic carbocycles. The van der Waals surface area contributed by atoms with Gasteiger partial charge in [-0.3, -0.25) is 4.79 Å². The summed E-state index contributed by atoms with van der Waals surface area (Å²) in [4.78, 5) is 16.6. The standard InChI is InChI=1S/C19H17N3O2S/c1-12-6-14-8-15(9-20)19(22-17(14)7-13(12)2)25-11-18(23)21-10-16-4-3-5-24-16/h3-8H,10-11H2,1-2H3,(H,21,23). The largest absolute Gasteiger partial charge is 0.467 e. The number of furan rings is 1. The van der Waals surface area contributed by atoms with E-state index in [0.29, 0.717) is 22.9 Å². The van der Waals surface area contributed by atoms with Gasteiger partial charge >= 0.3 is 0 Å². The lowest BCUT2D eigenvalue weighted by atomic mass is 10.1. The van der Waals surface area contributed by atoms with Gasteiger partial charge < -0.3 is 9.73 Å². The SMILES string of the molecule is Cc1cc2cc(C#N)c(SCC(=O)NCc3ccco3)nc2cc1C. The minimum atomic E-state index is -0.132. The van der Waals surface area contributed by atoms with Crippen LogP contribution in [0, 0.1) is 25.2 Å². The summed E-state index contributed by atoms with van der Waals surface area (Å²) < 4.78 is 5.18. The predicted molar refractivity (Wildman–Crippen MR) is 97.2 cm³/mol. The van der Waals surface area contributed by atoms with Crippen molar-refractivity contribution in [3.8, 4) is 6.07 Å². The molecule has 0 aliphatic rings. The zero-order valence-electron chi connectivity index (χ0n) is 14.0. The maximum atomic E-state index is 12.0. The Morgan fingerprint density at radius 1 is 1.32 bits per heavy atom. The van der Waals surface area contributed by atoms with Crippen LogP contribution in [0.25, 0.3) is 10.9 Å². The Bertz CT molecular complexity index is 959. The van der Waals surface area contributed by atoms with Crippen LogP contribution in [0.15, 0.2) is 46.0 Å². The topological polar surface area (TPSA) is 78.9 Å². The summed E-state index contributed by atoms with van der Waals surface area (Å²) in [5.74, 6) is 0.761. The number of thioether (sulfide) groups is 1. The molecule has 6 heteroatoms. The maximum absolute atomic E-state index is 12.0. The quantitative estimate of drug-likeness (QED) is 0.709. The Morgan fingerprint density at radius 3 is 2.84 bits per heavy atom. The van der Waals surface area contributed by atoms with Gasteiger partial charge in [-0.05, 0) is 55.3 Å². The zero-order chi connectivity index (χ0) is 17.8. The fraction of sp³-hybridized carbons (Fsp3) is 0.211. The van der Waals surface area contributed by atoms with Crippen LogP contribution >= 0.6 is 11.8 Å². The highest BCUT2D eigenvalue weighted by atomic mass is 32.2. The average Bonchev–Trinajstić information content (AvgIpc) is 3.12. The third-order valence-electron chi connectivity index (χ3n) is 3.90. The van der Waals surface area contributed by atoms with E-state index in [4.69, 9.17) is 4.42 Å². The minimum Gasteiger partial charge on any atom is -0.467 e. The molecule has 3 aromatic rings. The number of nitriles is 1. The van der Waals surface area contributed by atoms with Crippen LogP contribution in [0.5, 0.6) is 0 Å². The fourth-order valence-electron chi connectivity index (χ4n) is 2.40. The smallest absolute Gasteiger partial charge is 0.230 e. The van der Waals surface area contributed by atoms with E-state index in [1.54, 1.807) is 18.4 Å². The van der Waals surface area contributed by atoms with Gasteiger partial charge in [-0.15, -0.1) is 0 Å². The van der Waals surface area contributed by atoms with Crippen molar-refractivity contribution < 1.29 is 9.21 Å². The third kappa shape index (κ3) is 4.01. The van der Waals surface area contributed by atoms with E-state index in [9.17, 15) is 10.1 Å². The van der Waals surface area contributed by atoms with Gasteiger partial charge in [-0.25, -0.2) is 4.98 Å². The van der Waals surface area contributed by atoms with Crippen LogP contribution in [0.2, 0.25) is 0 Å². The third-order valence-corrected chi connectivity index (χ3v) is 4.89. The first-order valence-electron chi connectivity index (χ1n) is 7.81. The Kier molecular flexibility index (Phi) is 5.05. The van der Waals surface area contributed by atoms with Gasteiger partial charge in [0.25, 0.3) is 0 Å². The van der Waals surface area contributed by atoms with E-state index in [0.717, 1.165) is 22.0 Å². The number of fused-ring (bicyclic) bond motifs is 1.